The van der Waals surface area contributed by atoms with Gasteiger partial charge in [0.25, 0.3) is 0 Å². The molecule has 82 valence electrons. The molecule has 6 heteroatoms. The van der Waals surface area contributed by atoms with E-state index in [0.29, 0.717) is 0 Å². The molecule has 1 rings (SSSR count). The Morgan fingerprint density at radius 3 is 2.40 bits per heavy atom. The van der Waals surface area contributed by atoms with E-state index in [1.807, 2.05) is 0 Å². The topological polar surface area (TPSA) is 26.3 Å². The van der Waals surface area contributed by atoms with Crippen LogP contribution in [0.3, 0.4) is 0 Å². The van der Waals surface area contributed by atoms with Crippen LogP contribution < -0.4 is 4.74 Å². The highest BCUT2D eigenvalue weighted by molar-refractivity contribution is 5.99. The Hall–Kier alpha value is -1.59. The number of benzene rings is 1. The molecule has 1 aromatic rings. The number of carbonyl (C=O) groups is 1. The van der Waals surface area contributed by atoms with Gasteiger partial charge in [-0.05, 0) is 12.1 Å². The number of carbonyl (C=O) groups excluding carboxylic acids is 1. The van der Waals surface area contributed by atoms with Gasteiger partial charge < -0.3 is 4.74 Å². The standard InChI is InChI=1S/C9H6F4O2/c10-5-7(14)6-3-1-2-4-8(6)15-9(11,12)13/h1-4H,5H2. The predicted molar refractivity (Wildman–Crippen MR) is 43.4 cm³/mol. The maximum Gasteiger partial charge on any atom is 0.573 e. The molecular formula is C9H6F4O2. The Labute approximate surface area is 82.5 Å². The van der Waals surface area contributed by atoms with Crippen LogP contribution in [-0.2, 0) is 0 Å². The third-order valence-electron chi connectivity index (χ3n) is 1.53. The Kier molecular flexibility index (Phi) is 3.28. The summed E-state index contributed by atoms with van der Waals surface area (Å²) in [6.45, 7) is -1.36. The molecule has 0 amide bonds. The Morgan fingerprint density at radius 1 is 1.27 bits per heavy atom. The Morgan fingerprint density at radius 2 is 1.87 bits per heavy atom. The molecule has 0 aliphatic heterocycles. The summed E-state index contributed by atoms with van der Waals surface area (Å²) in [6, 6.07) is 4.61. The average Bonchev–Trinajstić information content (AvgIpc) is 2.15. The maximum absolute atomic E-state index is 12.0. The number of halogens is 4. The number of ketones is 1. The zero-order valence-corrected chi connectivity index (χ0v) is 7.34. The molecule has 0 bridgehead atoms. The molecule has 0 aliphatic rings. The van der Waals surface area contributed by atoms with Gasteiger partial charge in [-0.25, -0.2) is 4.39 Å². The number of rotatable bonds is 3. The van der Waals surface area contributed by atoms with Crippen molar-refractivity contribution in [1.82, 2.24) is 0 Å². The zero-order chi connectivity index (χ0) is 11.5. The van der Waals surface area contributed by atoms with Crippen molar-refractivity contribution in [3.8, 4) is 5.75 Å². The van der Waals surface area contributed by atoms with E-state index in [9.17, 15) is 22.4 Å². The highest BCUT2D eigenvalue weighted by atomic mass is 19.4. The third-order valence-corrected chi connectivity index (χ3v) is 1.53. The number of ether oxygens (including phenoxy) is 1. The molecule has 0 radical (unpaired) electrons. The van der Waals surface area contributed by atoms with Crippen LogP contribution in [0.25, 0.3) is 0 Å². The van der Waals surface area contributed by atoms with Crippen molar-refractivity contribution in [2.45, 2.75) is 6.36 Å². The van der Waals surface area contributed by atoms with E-state index in [1.54, 1.807) is 0 Å². The van der Waals surface area contributed by atoms with Gasteiger partial charge in [0.15, 0.2) is 12.5 Å². The van der Waals surface area contributed by atoms with Crippen LogP contribution >= 0.6 is 0 Å². The van der Waals surface area contributed by atoms with Crippen LogP contribution in [0, 0.1) is 0 Å². The molecule has 0 aliphatic carbocycles. The van der Waals surface area contributed by atoms with Gasteiger partial charge >= 0.3 is 6.36 Å². The Balaban J connectivity index is 3.02. The smallest absolute Gasteiger partial charge is 0.405 e. The fourth-order valence-electron chi connectivity index (χ4n) is 0.983. The highest BCUT2D eigenvalue weighted by Gasteiger charge is 2.32. The summed E-state index contributed by atoms with van der Waals surface area (Å²) in [4.78, 5) is 10.9. The second kappa shape index (κ2) is 4.29. The predicted octanol–water partition coefficient (Wildman–Crippen LogP) is 2.74. The molecule has 1 aromatic carbocycles. The lowest BCUT2D eigenvalue weighted by Crippen LogP contribution is -2.19. The number of Topliss-reactive ketones (excluding diaryl/α,β-unsaturated/α-hetero) is 1. The Bertz CT molecular complexity index is 359. The van der Waals surface area contributed by atoms with Gasteiger partial charge in [-0.15, -0.1) is 13.2 Å². The number of alkyl halides is 4. The minimum atomic E-state index is -4.90. The molecule has 0 spiro atoms. The number of para-hydroxylation sites is 1. The summed E-state index contributed by atoms with van der Waals surface area (Å²) in [6.07, 6.45) is -4.90. The molecule has 0 fully saturated rings. The lowest BCUT2D eigenvalue weighted by Gasteiger charge is -2.11. The monoisotopic (exact) mass is 222 g/mol. The van der Waals surface area contributed by atoms with E-state index in [2.05, 4.69) is 4.74 Å². The zero-order valence-electron chi connectivity index (χ0n) is 7.34. The van der Waals surface area contributed by atoms with Crippen LogP contribution in [0.2, 0.25) is 0 Å². The van der Waals surface area contributed by atoms with Gasteiger partial charge in [-0.2, -0.15) is 0 Å². The molecule has 0 heterocycles. The minimum absolute atomic E-state index is 0.419. The van der Waals surface area contributed by atoms with Gasteiger partial charge in [0.1, 0.15) is 5.75 Å². The number of hydrogen-bond acceptors (Lipinski definition) is 2. The van der Waals surface area contributed by atoms with Crippen LogP contribution in [0.15, 0.2) is 24.3 Å². The molecule has 15 heavy (non-hydrogen) atoms. The van der Waals surface area contributed by atoms with Crippen molar-refractivity contribution >= 4 is 5.78 Å². The van der Waals surface area contributed by atoms with Crippen molar-refractivity contribution in [3.05, 3.63) is 29.8 Å². The molecule has 0 saturated heterocycles. The second-order valence-electron chi connectivity index (χ2n) is 2.60. The first-order valence-corrected chi connectivity index (χ1v) is 3.88. The lowest BCUT2D eigenvalue weighted by molar-refractivity contribution is -0.274. The lowest BCUT2D eigenvalue weighted by atomic mass is 10.1. The molecule has 2 nitrogen and oxygen atoms in total. The fourth-order valence-corrected chi connectivity index (χ4v) is 0.983. The van der Waals surface area contributed by atoms with Gasteiger partial charge in [-0.3, -0.25) is 4.79 Å². The van der Waals surface area contributed by atoms with E-state index in [0.717, 1.165) is 12.1 Å². The molecular weight excluding hydrogens is 216 g/mol. The van der Waals surface area contributed by atoms with Gasteiger partial charge in [0, 0.05) is 0 Å². The van der Waals surface area contributed by atoms with Crippen LogP contribution in [-0.4, -0.2) is 18.8 Å². The van der Waals surface area contributed by atoms with E-state index in [4.69, 9.17) is 0 Å². The summed E-state index contributed by atoms with van der Waals surface area (Å²) in [5.41, 5.74) is -0.419. The van der Waals surface area contributed by atoms with Crippen LogP contribution in [0.5, 0.6) is 5.75 Å². The molecule has 0 atom stereocenters. The van der Waals surface area contributed by atoms with Crippen LogP contribution in [0.4, 0.5) is 17.6 Å². The molecule has 0 N–H and O–H groups in total. The second-order valence-corrected chi connectivity index (χ2v) is 2.60. The maximum atomic E-state index is 12.0. The van der Waals surface area contributed by atoms with E-state index in [1.165, 1.54) is 12.1 Å². The summed E-state index contributed by atoms with van der Waals surface area (Å²) < 4.78 is 51.2. The average molecular weight is 222 g/mol. The summed E-state index contributed by atoms with van der Waals surface area (Å²) in [5.74, 6) is -1.73. The third kappa shape index (κ3) is 3.23. The van der Waals surface area contributed by atoms with E-state index in [-0.39, 0.29) is 0 Å². The molecule has 0 saturated carbocycles. The first-order valence-electron chi connectivity index (χ1n) is 3.88. The van der Waals surface area contributed by atoms with Crippen LogP contribution in [0.1, 0.15) is 10.4 Å². The molecule has 0 unspecified atom stereocenters. The van der Waals surface area contributed by atoms with Crippen molar-refractivity contribution in [2.75, 3.05) is 6.67 Å². The number of hydrogen-bond donors (Lipinski definition) is 0. The van der Waals surface area contributed by atoms with E-state index < -0.39 is 30.1 Å². The SMILES string of the molecule is O=C(CF)c1ccccc1OC(F)(F)F. The normalized spacial score (nSPS) is 11.2. The summed E-state index contributed by atoms with van der Waals surface area (Å²) in [7, 11) is 0. The summed E-state index contributed by atoms with van der Waals surface area (Å²) in [5, 5.41) is 0. The summed E-state index contributed by atoms with van der Waals surface area (Å²) >= 11 is 0. The van der Waals surface area contributed by atoms with Crippen molar-refractivity contribution < 1.29 is 27.1 Å². The fraction of sp³-hybridized carbons (Fsp3) is 0.222. The van der Waals surface area contributed by atoms with Gasteiger partial charge in [-0.1, -0.05) is 12.1 Å². The molecule has 0 aromatic heterocycles. The highest BCUT2D eigenvalue weighted by Crippen LogP contribution is 2.26. The first-order chi connectivity index (χ1) is 6.94. The van der Waals surface area contributed by atoms with Gasteiger partial charge in [0.2, 0.25) is 0 Å². The van der Waals surface area contributed by atoms with Crippen molar-refractivity contribution in [2.24, 2.45) is 0 Å². The van der Waals surface area contributed by atoms with E-state index >= 15 is 0 Å². The first kappa shape index (κ1) is 11.5. The quantitative estimate of drug-likeness (QED) is 0.580. The van der Waals surface area contributed by atoms with Crippen molar-refractivity contribution in [1.29, 1.82) is 0 Å². The van der Waals surface area contributed by atoms with Gasteiger partial charge in [0.05, 0.1) is 5.56 Å². The largest absolute Gasteiger partial charge is 0.573 e. The van der Waals surface area contributed by atoms with Crippen molar-refractivity contribution in [3.63, 3.8) is 0 Å². The minimum Gasteiger partial charge on any atom is -0.405 e.